The first-order chi connectivity index (χ1) is 7.66. The fourth-order valence-corrected chi connectivity index (χ4v) is 2.48. The van der Waals surface area contributed by atoms with E-state index in [2.05, 4.69) is 10.3 Å². The topological polar surface area (TPSA) is 42.0 Å². The van der Waals surface area contributed by atoms with Gasteiger partial charge in [-0.15, -0.1) is 0 Å². The average molecular weight is 232 g/mol. The van der Waals surface area contributed by atoms with E-state index in [0.29, 0.717) is 5.13 Å². The molecule has 3 nitrogen and oxygen atoms in total. The molecule has 16 heavy (non-hydrogen) atoms. The number of hydrogen-bond donors (Lipinski definition) is 1. The minimum Gasteiger partial charge on any atom is -0.302 e. The molecule has 2 aromatic rings. The molecule has 0 saturated carbocycles. The highest BCUT2D eigenvalue weighted by molar-refractivity contribution is 7.19. The maximum atomic E-state index is 10.9. The van der Waals surface area contributed by atoms with Gasteiger partial charge in [0.05, 0.1) is 10.6 Å². The van der Waals surface area contributed by atoms with Crippen LogP contribution < -0.4 is 5.32 Å². The second-order valence-electron chi connectivity index (χ2n) is 3.48. The van der Waals surface area contributed by atoms with Gasteiger partial charge in [0.25, 0.3) is 0 Å². The van der Waals surface area contributed by atoms with Gasteiger partial charge in [-0.2, -0.15) is 0 Å². The van der Waals surface area contributed by atoms with Crippen LogP contribution in [0.5, 0.6) is 0 Å². The number of rotatable bonds is 2. The lowest BCUT2D eigenvalue weighted by Gasteiger charge is -1.96. The van der Waals surface area contributed by atoms with Crippen LogP contribution in [0.1, 0.15) is 12.6 Å². The van der Waals surface area contributed by atoms with Gasteiger partial charge in [-0.05, 0) is 12.5 Å². The van der Waals surface area contributed by atoms with Crippen LogP contribution in [0.15, 0.2) is 30.3 Å². The quantitative estimate of drug-likeness (QED) is 0.864. The maximum absolute atomic E-state index is 10.9. The van der Waals surface area contributed by atoms with Gasteiger partial charge in [-0.25, -0.2) is 4.98 Å². The summed E-state index contributed by atoms with van der Waals surface area (Å²) in [5, 5.41) is 3.36. The Bertz CT molecular complexity index is 505. The van der Waals surface area contributed by atoms with Crippen molar-refractivity contribution < 1.29 is 4.79 Å². The summed E-state index contributed by atoms with van der Waals surface area (Å²) in [6.07, 6.45) is 0. The van der Waals surface area contributed by atoms with Gasteiger partial charge in [0.15, 0.2) is 5.13 Å². The molecule has 1 aromatic heterocycles. The summed E-state index contributed by atoms with van der Waals surface area (Å²) < 4.78 is 0. The minimum atomic E-state index is -0.0895. The first-order valence-corrected chi connectivity index (χ1v) is 5.79. The van der Waals surface area contributed by atoms with Crippen LogP contribution in [0.25, 0.3) is 10.4 Å². The van der Waals surface area contributed by atoms with Gasteiger partial charge in [0.2, 0.25) is 5.91 Å². The van der Waals surface area contributed by atoms with Crippen LogP contribution in [0.2, 0.25) is 0 Å². The molecule has 0 fully saturated rings. The van der Waals surface area contributed by atoms with E-state index >= 15 is 0 Å². The number of thiazole rings is 1. The summed E-state index contributed by atoms with van der Waals surface area (Å²) in [7, 11) is 0. The van der Waals surface area contributed by atoms with Crippen molar-refractivity contribution in [2.45, 2.75) is 13.8 Å². The number of hydrogen-bond acceptors (Lipinski definition) is 3. The molecule has 82 valence electrons. The summed E-state index contributed by atoms with van der Waals surface area (Å²) in [6.45, 7) is 3.43. The third-order valence-electron chi connectivity index (χ3n) is 2.12. The lowest BCUT2D eigenvalue weighted by atomic mass is 10.2. The first-order valence-electron chi connectivity index (χ1n) is 4.97. The molecule has 0 aliphatic heterocycles. The SMILES string of the molecule is CC(=O)Nc1nc(C)c(-c2ccccc2)s1. The standard InChI is InChI=1S/C12H12N2OS/c1-8-11(10-6-4-3-5-7-10)16-12(13-8)14-9(2)15/h3-7H,1-2H3,(H,13,14,15). The molecular formula is C12H12N2OS. The molecule has 0 spiro atoms. The van der Waals surface area contributed by atoms with Crippen molar-refractivity contribution >= 4 is 22.4 Å². The van der Waals surface area contributed by atoms with E-state index in [1.54, 1.807) is 0 Å². The molecule has 0 aliphatic rings. The Kier molecular flexibility index (Phi) is 3.01. The van der Waals surface area contributed by atoms with Gasteiger partial charge in [-0.1, -0.05) is 41.7 Å². The summed E-state index contributed by atoms with van der Waals surface area (Å²) in [5.74, 6) is -0.0895. The molecular weight excluding hydrogens is 220 g/mol. The van der Waals surface area contributed by atoms with Crippen molar-refractivity contribution in [3.63, 3.8) is 0 Å². The van der Waals surface area contributed by atoms with Gasteiger partial charge in [0.1, 0.15) is 0 Å². The number of nitrogens with one attached hydrogen (secondary N) is 1. The molecule has 1 N–H and O–H groups in total. The third kappa shape index (κ3) is 2.28. The maximum Gasteiger partial charge on any atom is 0.223 e. The highest BCUT2D eigenvalue weighted by Gasteiger charge is 2.09. The van der Waals surface area contributed by atoms with Gasteiger partial charge in [0, 0.05) is 6.92 Å². The molecule has 1 aromatic carbocycles. The number of aromatic nitrogens is 1. The van der Waals surface area contributed by atoms with Crippen molar-refractivity contribution in [2.24, 2.45) is 0 Å². The summed E-state index contributed by atoms with van der Waals surface area (Å²) in [5.41, 5.74) is 2.08. The van der Waals surface area contributed by atoms with Crippen molar-refractivity contribution in [3.05, 3.63) is 36.0 Å². The fraction of sp³-hybridized carbons (Fsp3) is 0.167. The number of anilines is 1. The van der Waals surface area contributed by atoms with E-state index in [9.17, 15) is 4.79 Å². The average Bonchev–Trinajstić information content (AvgIpc) is 2.60. The largest absolute Gasteiger partial charge is 0.302 e. The zero-order chi connectivity index (χ0) is 11.5. The third-order valence-corrected chi connectivity index (χ3v) is 3.24. The van der Waals surface area contributed by atoms with E-state index in [1.165, 1.54) is 18.3 Å². The highest BCUT2D eigenvalue weighted by Crippen LogP contribution is 2.32. The number of carbonyl (C=O) groups is 1. The first kappa shape index (κ1) is 10.8. The normalized spacial score (nSPS) is 10.1. The van der Waals surface area contributed by atoms with E-state index in [4.69, 9.17) is 0 Å². The Labute approximate surface area is 98.2 Å². The van der Waals surface area contributed by atoms with Crippen molar-refractivity contribution in [3.8, 4) is 10.4 Å². The highest BCUT2D eigenvalue weighted by atomic mass is 32.1. The van der Waals surface area contributed by atoms with Crippen LogP contribution in [0, 0.1) is 6.92 Å². The zero-order valence-electron chi connectivity index (χ0n) is 9.15. The van der Waals surface area contributed by atoms with Crippen LogP contribution in [-0.2, 0) is 4.79 Å². The summed E-state index contributed by atoms with van der Waals surface area (Å²) in [4.78, 5) is 16.3. The molecule has 2 rings (SSSR count). The number of amides is 1. The van der Waals surface area contributed by atoms with Crippen LogP contribution >= 0.6 is 11.3 Å². The van der Waals surface area contributed by atoms with Crippen molar-refractivity contribution in [1.82, 2.24) is 4.98 Å². The Morgan fingerprint density at radius 3 is 2.62 bits per heavy atom. The van der Waals surface area contributed by atoms with Crippen LogP contribution in [0.4, 0.5) is 5.13 Å². The molecule has 1 amide bonds. The van der Waals surface area contributed by atoms with E-state index < -0.39 is 0 Å². The van der Waals surface area contributed by atoms with Gasteiger partial charge < -0.3 is 5.32 Å². The predicted octanol–water partition coefficient (Wildman–Crippen LogP) is 3.08. The second-order valence-corrected chi connectivity index (χ2v) is 4.48. The molecule has 4 heteroatoms. The molecule has 0 radical (unpaired) electrons. The number of benzene rings is 1. The van der Waals surface area contributed by atoms with Crippen LogP contribution in [-0.4, -0.2) is 10.9 Å². The van der Waals surface area contributed by atoms with Gasteiger partial charge >= 0.3 is 0 Å². The Balaban J connectivity index is 2.36. The minimum absolute atomic E-state index is 0.0895. The number of carbonyl (C=O) groups excluding carboxylic acids is 1. The smallest absolute Gasteiger partial charge is 0.223 e. The lowest BCUT2D eigenvalue weighted by Crippen LogP contribution is -2.04. The van der Waals surface area contributed by atoms with Crippen molar-refractivity contribution in [2.75, 3.05) is 5.32 Å². The van der Waals surface area contributed by atoms with Crippen molar-refractivity contribution in [1.29, 1.82) is 0 Å². The van der Waals surface area contributed by atoms with Crippen LogP contribution in [0.3, 0.4) is 0 Å². The van der Waals surface area contributed by atoms with E-state index in [0.717, 1.165) is 16.1 Å². The Morgan fingerprint density at radius 1 is 1.31 bits per heavy atom. The molecule has 0 saturated heterocycles. The second kappa shape index (κ2) is 4.45. The molecule has 0 bridgehead atoms. The summed E-state index contributed by atoms with van der Waals surface area (Å²) in [6, 6.07) is 10.0. The van der Waals surface area contributed by atoms with Gasteiger partial charge in [-0.3, -0.25) is 4.79 Å². The Hall–Kier alpha value is -1.68. The van der Waals surface area contributed by atoms with E-state index in [-0.39, 0.29) is 5.91 Å². The lowest BCUT2D eigenvalue weighted by molar-refractivity contribution is -0.114. The molecule has 0 aliphatic carbocycles. The summed E-state index contributed by atoms with van der Waals surface area (Å²) >= 11 is 1.50. The molecule has 1 heterocycles. The number of aryl methyl sites for hydroxylation is 1. The Morgan fingerprint density at radius 2 is 2.00 bits per heavy atom. The molecule has 0 atom stereocenters. The predicted molar refractivity (Wildman–Crippen MR) is 66.6 cm³/mol. The molecule has 0 unspecified atom stereocenters. The van der Waals surface area contributed by atoms with E-state index in [1.807, 2.05) is 37.3 Å². The monoisotopic (exact) mass is 232 g/mol. The zero-order valence-corrected chi connectivity index (χ0v) is 9.97. The number of nitrogens with zero attached hydrogens (tertiary/aromatic N) is 1. The fourth-order valence-electron chi connectivity index (χ4n) is 1.46.